The van der Waals surface area contributed by atoms with Gasteiger partial charge in [-0.3, -0.25) is 14.5 Å². The summed E-state index contributed by atoms with van der Waals surface area (Å²) < 4.78 is 5.20. The van der Waals surface area contributed by atoms with Crippen molar-refractivity contribution < 1.29 is 19.1 Å². The molecule has 1 saturated heterocycles. The maximum absolute atomic E-state index is 12.8. The number of esters is 1. The van der Waals surface area contributed by atoms with E-state index in [0.717, 1.165) is 22.2 Å². The Bertz CT molecular complexity index is 1180. The first-order valence-electron chi connectivity index (χ1n) is 9.11. The summed E-state index contributed by atoms with van der Waals surface area (Å²) in [5.41, 5.74) is 2.07. The Kier molecular flexibility index (Phi) is 5.12. The highest BCUT2D eigenvalue weighted by molar-refractivity contribution is 7.80. The molecule has 0 atom stereocenters. The number of ether oxygens (including phenoxy) is 1. The van der Waals surface area contributed by atoms with Gasteiger partial charge in [-0.1, -0.05) is 48.5 Å². The van der Waals surface area contributed by atoms with Gasteiger partial charge in [0.15, 0.2) is 5.11 Å². The van der Waals surface area contributed by atoms with Crippen molar-refractivity contribution in [3.05, 3.63) is 94.8 Å². The third-order valence-electron chi connectivity index (χ3n) is 4.53. The number of nitrogens with one attached hydrogen (secondary N) is 1. The second-order valence-electron chi connectivity index (χ2n) is 6.72. The molecular formula is C23H16N2O4S. The van der Waals surface area contributed by atoms with Gasteiger partial charge in [-0.2, -0.15) is 0 Å². The van der Waals surface area contributed by atoms with Crippen LogP contribution in [0.4, 0.5) is 0 Å². The minimum atomic E-state index is -0.827. The Labute approximate surface area is 178 Å². The van der Waals surface area contributed by atoms with Crippen LogP contribution in [0.25, 0.3) is 6.08 Å². The van der Waals surface area contributed by atoms with E-state index in [9.17, 15) is 14.4 Å². The van der Waals surface area contributed by atoms with Gasteiger partial charge in [0.1, 0.15) is 17.0 Å². The van der Waals surface area contributed by atoms with Crippen LogP contribution in [0.1, 0.15) is 22.8 Å². The highest BCUT2D eigenvalue weighted by atomic mass is 32.1. The maximum Gasteiger partial charge on any atom is 0.349 e. The number of ketones is 1. The monoisotopic (exact) mass is 416 g/mol. The van der Waals surface area contributed by atoms with Crippen molar-refractivity contribution in [2.24, 2.45) is 0 Å². The quantitative estimate of drug-likeness (QED) is 0.272. The summed E-state index contributed by atoms with van der Waals surface area (Å²) in [6.07, 6.45) is 4.72. The number of para-hydroxylation sites is 1. The molecule has 0 saturated carbocycles. The molecule has 2 heterocycles. The molecule has 1 amide bonds. The largest absolute Gasteiger partial charge is 0.422 e. The van der Waals surface area contributed by atoms with Gasteiger partial charge in [0.05, 0.1) is 5.56 Å². The molecular weight excluding hydrogens is 400 g/mol. The smallest absolute Gasteiger partial charge is 0.349 e. The molecule has 2 aromatic carbocycles. The number of thiocarbonyl (C=S) groups is 1. The van der Waals surface area contributed by atoms with E-state index >= 15 is 0 Å². The fraction of sp³-hybridized carbons (Fsp3) is 0.0435. The van der Waals surface area contributed by atoms with Crippen LogP contribution in [0.15, 0.2) is 83.7 Å². The lowest BCUT2D eigenvalue weighted by Crippen LogP contribution is -2.31. The van der Waals surface area contributed by atoms with Gasteiger partial charge in [0.25, 0.3) is 5.91 Å². The lowest BCUT2D eigenvalue weighted by atomic mass is 10.0. The number of allylic oxidation sites excluding steroid dienone is 2. The summed E-state index contributed by atoms with van der Waals surface area (Å²) in [5.74, 6) is -1.62. The molecule has 0 aliphatic carbocycles. The number of amides is 1. The molecule has 2 aliphatic rings. The van der Waals surface area contributed by atoms with Gasteiger partial charge in [-0.05, 0) is 48.5 Å². The predicted octanol–water partition coefficient (Wildman–Crippen LogP) is 3.38. The lowest BCUT2D eigenvalue weighted by molar-refractivity contribution is -0.130. The van der Waals surface area contributed by atoms with Crippen molar-refractivity contribution >= 4 is 41.1 Å². The summed E-state index contributed by atoms with van der Waals surface area (Å²) in [6.45, 7) is 1.86. The minimum absolute atomic E-state index is 0.0747. The molecule has 2 aliphatic heterocycles. The van der Waals surface area contributed by atoms with E-state index in [-0.39, 0.29) is 27.7 Å². The van der Waals surface area contributed by atoms with Gasteiger partial charge in [0.2, 0.25) is 5.78 Å². The van der Waals surface area contributed by atoms with Gasteiger partial charge in [0, 0.05) is 6.20 Å². The molecule has 4 rings (SSSR count). The number of nitrogens with zero attached hydrogens (tertiary/aromatic N) is 1. The molecule has 0 aromatic heterocycles. The number of carbonyl (C=O) groups is 3. The Hall–Kier alpha value is -3.84. The molecule has 30 heavy (non-hydrogen) atoms. The Morgan fingerprint density at radius 3 is 2.50 bits per heavy atom. The number of hydrogen-bond acceptors (Lipinski definition) is 5. The summed E-state index contributed by atoms with van der Waals surface area (Å²) in [7, 11) is 0. The zero-order valence-corrected chi connectivity index (χ0v) is 16.7. The van der Waals surface area contributed by atoms with Gasteiger partial charge in [-0.25, -0.2) is 4.79 Å². The summed E-state index contributed by atoms with van der Waals surface area (Å²) in [5, 5.41) is 2.90. The minimum Gasteiger partial charge on any atom is -0.422 e. The number of benzene rings is 2. The van der Waals surface area contributed by atoms with Crippen molar-refractivity contribution in [1.82, 2.24) is 10.2 Å². The number of hydrogen-bond donors (Lipinski definition) is 1. The Morgan fingerprint density at radius 2 is 1.73 bits per heavy atom. The first kappa shape index (κ1) is 19.5. The molecule has 1 fully saturated rings. The summed E-state index contributed by atoms with van der Waals surface area (Å²) in [4.78, 5) is 38.9. The van der Waals surface area contributed by atoms with Crippen LogP contribution in [0.3, 0.4) is 0 Å². The topological polar surface area (TPSA) is 75.7 Å². The molecule has 0 radical (unpaired) electrons. The first-order valence-corrected chi connectivity index (χ1v) is 9.52. The van der Waals surface area contributed by atoms with Crippen LogP contribution < -0.4 is 10.1 Å². The fourth-order valence-electron chi connectivity index (χ4n) is 3.12. The zero-order chi connectivity index (χ0) is 21.3. The molecule has 1 N–H and O–H groups in total. The SMILES string of the molecule is CC(=C/c1ccccc1)/C=C1\NC(=S)N(/C=C2\C(=O)Oc3ccccc3C2=O)C1=O. The number of Topliss-reactive ketones (excluding diaryl/α,β-unsaturated/α-hetero) is 1. The Morgan fingerprint density at radius 1 is 1.03 bits per heavy atom. The molecule has 148 valence electrons. The molecule has 0 spiro atoms. The van der Waals surface area contributed by atoms with Crippen molar-refractivity contribution in [1.29, 1.82) is 0 Å². The molecule has 0 bridgehead atoms. The van der Waals surface area contributed by atoms with Crippen LogP contribution in [-0.2, 0) is 9.59 Å². The molecule has 7 heteroatoms. The van der Waals surface area contributed by atoms with E-state index in [1.165, 1.54) is 6.07 Å². The second kappa shape index (κ2) is 7.88. The van der Waals surface area contributed by atoms with Crippen LogP contribution in [0.5, 0.6) is 5.75 Å². The Balaban J connectivity index is 1.61. The number of fused-ring (bicyclic) bond motifs is 1. The van der Waals surface area contributed by atoms with Crippen molar-refractivity contribution in [3.63, 3.8) is 0 Å². The van der Waals surface area contributed by atoms with E-state index in [1.807, 2.05) is 43.3 Å². The van der Waals surface area contributed by atoms with Crippen LogP contribution in [0, 0.1) is 0 Å². The number of rotatable bonds is 3. The lowest BCUT2D eigenvalue weighted by Gasteiger charge is -2.18. The second-order valence-corrected chi connectivity index (χ2v) is 7.11. The summed E-state index contributed by atoms with van der Waals surface area (Å²) in [6, 6.07) is 16.1. The average molecular weight is 416 g/mol. The number of carbonyl (C=O) groups excluding carboxylic acids is 3. The fourth-order valence-corrected chi connectivity index (χ4v) is 3.37. The van der Waals surface area contributed by atoms with Gasteiger partial charge in [-0.15, -0.1) is 0 Å². The maximum atomic E-state index is 12.8. The molecule has 2 aromatic rings. The van der Waals surface area contributed by atoms with E-state index in [0.29, 0.717) is 0 Å². The van der Waals surface area contributed by atoms with Crippen molar-refractivity contribution in [2.75, 3.05) is 0 Å². The average Bonchev–Trinajstić information content (AvgIpc) is 2.98. The van der Waals surface area contributed by atoms with Crippen LogP contribution in [0.2, 0.25) is 0 Å². The molecule has 6 nitrogen and oxygen atoms in total. The molecule has 0 unspecified atom stereocenters. The predicted molar refractivity (Wildman–Crippen MR) is 115 cm³/mol. The highest BCUT2D eigenvalue weighted by Gasteiger charge is 2.35. The normalized spacial score (nSPS) is 19.2. The highest BCUT2D eigenvalue weighted by Crippen LogP contribution is 2.28. The standard InChI is InChI=1S/C23H16N2O4S/c1-14(11-15-7-3-2-4-8-15)12-18-21(27)25(23(30)24-18)13-17-20(26)16-9-5-6-10-19(16)29-22(17)28/h2-13H,1H3,(H,24,30)/b14-11-,17-13-,18-12-. The zero-order valence-electron chi connectivity index (χ0n) is 15.9. The van der Waals surface area contributed by atoms with Crippen LogP contribution >= 0.6 is 12.2 Å². The third-order valence-corrected chi connectivity index (χ3v) is 4.83. The van der Waals surface area contributed by atoms with Gasteiger partial charge >= 0.3 is 5.97 Å². The van der Waals surface area contributed by atoms with E-state index in [1.54, 1.807) is 24.3 Å². The van der Waals surface area contributed by atoms with Crippen molar-refractivity contribution in [2.45, 2.75) is 6.92 Å². The summed E-state index contributed by atoms with van der Waals surface area (Å²) >= 11 is 5.23. The van der Waals surface area contributed by atoms with Crippen LogP contribution in [-0.4, -0.2) is 27.7 Å². The van der Waals surface area contributed by atoms with Gasteiger partial charge < -0.3 is 10.1 Å². The van der Waals surface area contributed by atoms with E-state index in [2.05, 4.69) is 5.32 Å². The van der Waals surface area contributed by atoms with E-state index < -0.39 is 17.7 Å². The third kappa shape index (κ3) is 3.70. The van der Waals surface area contributed by atoms with E-state index in [4.69, 9.17) is 17.0 Å². The first-order chi connectivity index (χ1) is 14.4. The van der Waals surface area contributed by atoms with Crippen molar-refractivity contribution in [3.8, 4) is 5.75 Å².